The second-order valence-electron chi connectivity index (χ2n) is 4.68. The molecule has 0 amide bonds. The van der Waals surface area contributed by atoms with Crippen LogP contribution in [-0.4, -0.2) is 18.1 Å². The molecule has 1 aromatic rings. The first-order valence-electron chi connectivity index (χ1n) is 5.76. The summed E-state index contributed by atoms with van der Waals surface area (Å²) >= 11 is 1.74. The molecule has 3 rings (SSSR count). The van der Waals surface area contributed by atoms with Gasteiger partial charge < -0.3 is 10.6 Å². The quantitative estimate of drug-likeness (QED) is 0.832. The van der Waals surface area contributed by atoms with Crippen LogP contribution in [0, 0.1) is 11.8 Å². The Morgan fingerprint density at radius 1 is 1.40 bits per heavy atom. The molecule has 2 unspecified atom stereocenters. The Morgan fingerprint density at radius 3 is 2.73 bits per heavy atom. The van der Waals surface area contributed by atoms with E-state index in [0.29, 0.717) is 6.54 Å². The molecule has 1 aliphatic carbocycles. The number of rotatable bonds is 2. The Hall–Kier alpha value is -0.610. The molecular weight excluding hydrogens is 206 g/mol. The predicted molar refractivity (Wildman–Crippen MR) is 63.0 cm³/mol. The van der Waals surface area contributed by atoms with E-state index < -0.39 is 0 Å². The number of fused-ring (bicyclic) bond motifs is 1. The van der Waals surface area contributed by atoms with Gasteiger partial charge in [-0.3, -0.25) is 0 Å². The second kappa shape index (κ2) is 3.76. The van der Waals surface area contributed by atoms with E-state index in [-0.39, 0.29) is 0 Å². The molecule has 0 radical (unpaired) electrons. The monoisotopic (exact) mass is 223 g/mol. The molecule has 1 saturated heterocycles. The van der Waals surface area contributed by atoms with E-state index >= 15 is 0 Å². The van der Waals surface area contributed by atoms with E-state index in [0.717, 1.165) is 17.5 Å². The number of hydrogen-bond donors (Lipinski definition) is 1. The molecule has 1 aromatic heterocycles. The van der Waals surface area contributed by atoms with Gasteiger partial charge in [0.05, 0.1) is 5.69 Å². The summed E-state index contributed by atoms with van der Waals surface area (Å²) in [5.41, 5.74) is 6.61. The molecule has 3 nitrogen and oxygen atoms in total. The van der Waals surface area contributed by atoms with E-state index in [4.69, 9.17) is 5.73 Å². The highest BCUT2D eigenvalue weighted by Crippen LogP contribution is 2.40. The van der Waals surface area contributed by atoms with Crippen LogP contribution in [-0.2, 0) is 6.54 Å². The number of anilines is 1. The smallest absolute Gasteiger partial charge is 0.185 e. The van der Waals surface area contributed by atoms with Gasteiger partial charge in [-0.1, -0.05) is 6.42 Å². The molecule has 2 atom stereocenters. The minimum atomic E-state index is 0.567. The maximum Gasteiger partial charge on any atom is 0.185 e. The molecule has 2 heterocycles. The van der Waals surface area contributed by atoms with E-state index in [1.807, 2.05) is 0 Å². The number of nitrogens with zero attached hydrogens (tertiary/aromatic N) is 2. The third-order valence-electron chi connectivity index (χ3n) is 3.75. The molecule has 1 aliphatic heterocycles. The van der Waals surface area contributed by atoms with Gasteiger partial charge in [-0.15, -0.1) is 11.3 Å². The lowest BCUT2D eigenvalue weighted by molar-refractivity contribution is 0.494. The van der Waals surface area contributed by atoms with E-state index in [2.05, 4.69) is 15.3 Å². The third kappa shape index (κ3) is 1.66. The Labute approximate surface area is 94.3 Å². The second-order valence-corrected chi connectivity index (χ2v) is 5.52. The lowest BCUT2D eigenvalue weighted by atomic mass is 10.0. The van der Waals surface area contributed by atoms with E-state index in [9.17, 15) is 0 Å². The van der Waals surface area contributed by atoms with Crippen LogP contribution < -0.4 is 10.6 Å². The Kier molecular flexibility index (Phi) is 2.41. The van der Waals surface area contributed by atoms with Crippen LogP contribution in [0.5, 0.6) is 0 Å². The first kappa shape index (κ1) is 9.60. The standard InChI is InChI=1S/C11H17N3S/c12-4-10-7-15-11(13-10)14-5-8-2-1-3-9(8)6-14/h7-9H,1-6,12H2. The number of aromatic nitrogens is 1. The van der Waals surface area contributed by atoms with Crippen molar-refractivity contribution in [3.63, 3.8) is 0 Å². The summed E-state index contributed by atoms with van der Waals surface area (Å²) < 4.78 is 0. The first-order chi connectivity index (χ1) is 7.36. The highest BCUT2D eigenvalue weighted by atomic mass is 32.1. The molecule has 0 spiro atoms. The molecule has 4 heteroatoms. The van der Waals surface area contributed by atoms with Gasteiger partial charge in [-0.05, 0) is 24.7 Å². The van der Waals surface area contributed by atoms with Crippen molar-refractivity contribution in [2.24, 2.45) is 17.6 Å². The fraction of sp³-hybridized carbons (Fsp3) is 0.727. The van der Waals surface area contributed by atoms with E-state index in [1.54, 1.807) is 11.3 Å². The lowest BCUT2D eigenvalue weighted by Gasteiger charge is -2.15. The topological polar surface area (TPSA) is 42.1 Å². The first-order valence-corrected chi connectivity index (χ1v) is 6.64. The normalized spacial score (nSPS) is 29.8. The summed E-state index contributed by atoms with van der Waals surface area (Å²) in [6.45, 7) is 3.02. The Bertz CT molecular complexity index is 337. The van der Waals surface area contributed by atoms with Crippen LogP contribution in [0.3, 0.4) is 0 Å². The minimum absolute atomic E-state index is 0.567. The van der Waals surface area contributed by atoms with Crippen LogP contribution in [0.4, 0.5) is 5.13 Å². The SMILES string of the molecule is NCc1csc(N2CC3CCCC3C2)n1. The minimum Gasteiger partial charge on any atom is -0.348 e. The molecule has 0 aromatic carbocycles. The summed E-state index contributed by atoms with van der Waals surface area (Å²) in [5, 5.41) is 3.27. The molecule has 1 saturated carbocycles. The van der Waals surface area contributed by atoms with Gasteiger partial charge in [0.1, 0.15) is 0 Å². The van der Waals surface area contributed by atoms with Gasteiger partial charge >= 0.3 is 0 Å². The van der Waals surface area contributed by atoms with Crippen LogP contribution in [0.25, 0.3) is 0 Å². The van der Waals surface area contributed by atoms with Crippen molar-refractivity contribution in [2.45, 2.75) is 25.8 Å². The van der Waals surface area contributed by atoms with Gasteiger partial charge in [0, 0.05) is 25.0 Å². The van der Waals surface area contributed by atoms with E-state index in [1.165, 1.54) is 37.5 Å². The number of nitrogens with two attached hydrogens (primary N) is 1. The summed E-state index contributed by atoms with van der Waals surface area (Å²) in [6.07, 6.45) is 4.29. The van der Waals surface area contributed by atoms with Crippen molar-refractivity contribution in [1.29, 1.82) is 0 Å². The molecule has 82 valence electrons. The summed E-state index contributed by atoms with van der Waals surface area (Å²) in [5.74, 6) is 1.88. The van der Waals surface area contributed by atoms with Crippen molar-refractivity contribution in [1.82, 2.24) is 4.98 Å². The number of hydrogen-bond acceptors (Lipinski definition) is 4. The van der Waals surface area contributed by atoms with Crippen LogP contribution in [0.2, 0.25) is 0 Å². The highest BCUT2D eigenvalue weighted by Gasteiger charge is 2.36. The van der Waals surface area contributed by atoms with Gasteiger partial charge in [-0.25, -0.2) is 4.98 Å². The molecule has 0 bridgehead atoms. The largest absolute Gasteiger partial charge is 0.348 e. The molecule has 2 aliphatic rings. The predicted octanol–water partition coefficient (Wildman–Crippen LogP) is 1.84. The fourth-order valence-corrected chi connectivity index (χ4v) is 3.78. The maximum absolute atomic E-state index is 5.58. The Balaban J connectivity index is 1.73. The maximum atomic E-state index is 5.58. The van der Waals surface area contributed by atoms with Crippen LogP contribution in [0.1, 0.15) is 25.0 Å². The van der Waals surface area contributed by atoms with Gasteiger partial charge in [0.15, 0.2) is 5.13 Å². The zero-order chi connectivity index (χ0) is 10.3. The molecule has 15 heavy (non-hydrogen) atoms. The fourth-order valence-electron chi connectivity index (χ4n) is 2.93. The summed E-state index contributed by atoms with van der Waals surface area (Å²) in [4.78, 5) is 7.01. The van der Waals surface area contributed by atoms with Crippen LogP contribution >= 0.6 is 11.3 Å². The highest BCUT2D eigenvalue weighted by molar-refractivity contribution is 7.13. The lowest BCUT2D eigenvalue weighted by Crippen LogP contribution is -2.20. The zero-order valence-corrected chi connectivity index (χ0v) is 9.67. The van der Waals surface area contributed by atoms with Gasteiger partial charge in [0.25, 0.3) is 0 Å². The molecule has 2 fully saturated rings. The van der Waals surface area contributed by atoms with Gasteiger partial charge in [-0.2, -0.15) is 0 Å². The van der Waals surface area contributed by atoms with Crippen molar-refractivity contribution < 1.29 is 0 Å². The van der Waals surface area contributed by atoms with Crippen molar-refractivity contribution in [3.8, 4) is 0 Å². The zero-order valence-electron chi connectivity index (χ0n) is 8.85. The Morgan fingerprint density at radius 2 is 2.13 bits per heavy atom. The van der Waals surface area contributed by atoms with Crippen LogP contribution in [0.15, 0.2) is 5.38 Å². The van der Waals surface area contributed by atoms with Crippen molar-refractivity contribution in [3.05, 3.63) is 11.1 Å². The molecular formula is C11H17N3S. The molecule has 2 N–H and O–H groups in total. The third-order valence-corrected chi connectivity index (χ3v) is 4.70. The number of thiazole rings is 1. The average molecular weight is 223 g/mol. The summed E-state index contributed by atoms with van der Waals surface area (Å²) in [6, 6.07) is 0. The van der Waals surface area contributed by atoms with Gasteiger partial charge in [0.2, 0.25) is 0 Å². The average Bonchev–Trinajstić information content (AvgIpc) is 2.91. The summed E-state index contributed by atoms with van der Waals surface area (Å²) in [7, 11) is 0. The van der Waals surface area contributed by atoms with Crippen molar-refractivity contribution >= 4 is 16.5 Å². The van der Waals surface area contributed by atoms with Crippen molar-refractivity contribution in [2.75, 3.05) is 18.0 Å².